The summed E-state index contributed by atoms with van der Waals surface area (Å²) in [5, 5.41) is 5.26. The number of likely N-dealkylation sites (N-methyl/N-ethyl adjacent to an activating group) is 1. The van der Waals surface area contributed by atoms with E-state index in [0.717, 1.165) is 4.88 Å². The maximum atomic E-state index is 13.2. The van der Waals surface area contributed by atoms with E-state index >= 15 is 0 Å². The van der Waals surface area contributed by atoms with Gasteiger partial charge in [-0.1, -0.05) is 35.9 Å². The number of piperazine rings is 1. The molecular weight excluding hydrogens is 488 g/mol. The Morgan fingerprint density at radius 2 is 1.97 bits per heavy atom. The van der Waals surface area contributed by atoms with Gasteiger partial charge in [-0.2, -0.15) is 0 Å². The molecule has 4 rings (SSSR count). The smallest absolute Gasteiger partial charge is 0.338 e. The van der Waals surface area contributed by atoms with Crippen molar-refractivity contribution < 1.29 is 19.1 Å². The van der Waals surface area contributed by atoms with Gasteiger partial charge in [0.1, 0.15) is 0 Å². The summed E-state index contributed by atoms with van der Waals surface area (Å²) >= 11 is 7.89. The Bertz CT molecular complexity index is 1140. The Labute approximate surface area is 214 Å². The highest BCUT2D eigenvalue weighted by atomic mass is 35.5. The maximum Gasteiger partial charge on any atom is 0.338 e. The third-order valence-electron chi connectivity index (χ3n) is 6.37. The van der Waals surface area contributed by atoms with Crippen molar-refractivity contribution in [2.24, 2.45) is 0 Å². The van der Waals surface area contributed by atoms with E-state index in [4.69, 9.17) is 16.3 Å². The summed E-state index contributed by atoms with van der Waals surface area (Å²) in [6.07, 6.45) is 0. The molecule has 0 unspecified atom stereocenters. The van der Waals surface area contributed by atoms with Gasteiger partial charge in [0.2, 0.25) is 0 Å². The van der Waals surface area contributed by atoms with Crippen molar-refractivity contribution in [1.29, 1.82) is 0 Å². The van der Waals surface area contributed by atoms with Gasteiger partial charge in [0.05, 0.1) is 23.1 Å². The number of esters is 1. The zero-order valence-corrected chi connectivity index (χ0v) is 21.6. The van der Waals surface area contributed by atoms with E-state index in [1.807, 2.05) is 35.4 Å². The second-order valence-corrected chi connectivity index (χ2v) is 9.96. The fourth-order valence-corrected chi connectivity index (χ4v) is 5.50. The van der Waals surface area contributed by atoms with Crippen LogP contribution in [0.15, 0.2) is 53.0 Å². The molecule has 10 heteroatoms. The highest BCUT2D eigenvalue weighted by Gasteiger charge is 2.39. The number of amides is 3. The van der Waals surface area contributed by atoms with Crippen molar-refractivity contribution in [2.75, 3.05) is 39.8 Å². The van der Waals surface area contributed by atoms with Crippen LogP contribution in [0.5, 0.6) is 0 Å². The number of benzene rings is 1. The Hall–Kier alpha value is -2.88. The number of halogens is 1. The standard InChI is InChI=1S/C25H29ClN4O4S/c1-4-34-24(32)21-19(28(3)25(33)27-22(21)17-8-5-6-9-18(17)26)15-29-11-12-30(16(2)14-29)23(31)20-10-7-13-35-20/h5-10,13,16,22H,4,11-12,14-15H2,1-3H3,(H,27,33)/t16-,22-/m1/s1. The first kappa shape index (κ1) is 25.2. The second-order valence-electron chi connectivity index (χ2n) is 8.60. The molecule has 0 bridgehead atoms. The second kappa shape index (κ2) is 10.8. The zero-order valence-electron chi connectivity index (χ0n) is 20.0. The van der Waals surface area contributed by atoms with E-state index in [0.29, 0.717) is 48.0 Å². The minimum atomic E-state index is -0.722. The Morgan fingerprint density at radius 3 is 2.63 bits per heavy atom. The van der Waals surface area contributed by atoms with Crippen LogP contribution in [0, 0.1) is 0 Å². The zero-order chi connectivity index (χ0) is 25.1. The monoisotopic (exact) mass is 516 g/mol. The number of thiophene rings is 1. The molecule has 186 valence electrons. The van der Waals surface area contributed by atoms with Gasteiger partial charge in [-0.25, -0.2) is 9.59 Å². The first-order valence-electron chi connectivity index (χ1n) is 11.6. The van der Waals surface area contributed by atoms with E-state index in [2.05, 4.69) is 10.2 Å². The molecule has 0 radical (unpaired) electrons. The highest BCUT2D eigenvalue weighted by Crippen LogP contribution is 2.35. The first-order valence-corrected chi connectivity index (χ1v) is 12.8. The summed E-state index contributed by atoms with van der Waals surface area (Å²) in [6, 6.07) is 9.80. The van der Waals surface area contributed by atoms with E-state index in [9.17, 15) is 14.4 Å². The molecule has 35 heavy (non-hydrogen) atoms. The van der Waals surface area contributed by atoms with Crippen LogP contribution in [0.1, 0.15) is 35.1 Å². The molecule has 2 aromatic rings. The van der Waals surface area contributed by atoms with E-state index in [1.165, 1.54) is 16.2 Å². The van der Waals surface area contributed by atoms with Gasteiger partial charge in [0.25, 0.3) is 5.91 Å². The van der Waals surface area contributed by atoms with Gasteiger partial charge in [-0.3, -0.25) is 14.6 Å². The summed E-state index contributed by atoms with van der Waals surface area (Å²) in [5.41, 5.74) is 1.57. The molecular formula is C25H29ClN4O4S. The lowest BCUT2D eigenvalue weighted by molar-refractivity contribution is -0.139. The molecule has 0 spiro atoms. The lowest BCUT2D eigenvalue weighted by Crippen LogP contribution is -2.56. The predicted octanol–water partition coefficient (Wildman–Crippen LogP) is 3.76. The van der Waals surface area contributed by atoms with E-state index in [-0.39, 0.29) is 24.6 Å². The Kier molecular flexibility index (Phi) is 7.78. The SMILES string of the molecule is CCOC(=O)C1=C(CN2CCN(C(=O)c3cccs3)[C@H](C)C2)N(C)C(=O)N[C@@H]1c1ccccc1Cl. The van der Waals surface area contributed by atoms with Crippen LogP contribution < -0.4 is 5.32 Å². The molecule has 2 atom stereocenters. The number of nitrogens with one attached hydrogen (secondary N) is 1. The molecule has 1 N–H and O–H groups in total. The Balaban J connectivity index is 1.62. The van der Waals surface area contributed by atoms with Crippen LogP contribution in [0.2, 0.25) is 5.02 Å². The number of hydrogen-bond acceptors (Lipinski definition) is 6. The van der Waals surface area contributed by atoms with Crippen LogP contribution in [0.25, 0.3) is 0 Å². The summed E-state index contributed by atoms with van der Waals surface area (Å²) in [6.45, 7) is 6.13. The van der Waals surface area contributed by atoms with Crippen molar-refractivity contribution in [1.82, 2.24) is 20.0 Å². The maximum absolute atomic E-state index is 13.2. The number of carbonyl (C=O) groups is 3. The molecule has 2 aliphatic heterocycles. The summed E-state index contributed by atoms with van der Waals surface area (Å²) in [7, 11) is 1.65. The van der Waals surface area contributed by atoms with Crippen molar-refractivity contribution >= 4 is 40.8 Å². The molecule has 3 amide bonds. The van der Waals surface area contributed by atoms with Gasteiger partial charge in [0, 0.05) is 50.0 Å². The van der Waals surface area contributed by atoms with E-state index < -0.39 is 12.0 Å². The molecule has 1 fully saturated rings. The summed E-state index contributed by atoms with van der Waals surface area (Å²) in [4.78, 5) is 45.2. The highest BCUT2D eigenvalue weighted by molar-refractivity contribution is 7.12. The lowest BCUT2D eigenvalue weighted by Gasteiger charge is -2.42. The minimum absolute atomic E-state index is 0.0212. The van der Waals surface area contributed by atoms with E-state index in [1.54, 1.807) is 32.2 Å². The molecule has 8 nitrogen and oxygen atoms in total. The molecule has 0 saturated carbocycles. The molecule has 1 aromatic heterocycles. The van der Waals surface area contributed by atoms with Crippen LogP contribution in [0.4, 0.5) is 4.79 Å². The number of nitrogens with zero attached hydrogens (tertiary/aromatic N) is 3. The van der Waals surface area contributed by atoms with Gasteiger partial charge in [-0.15, -0.1) is 11.3 Å². The first-order chi connectivity index (χ1) is 16.8. The predicted molar refractivity (Wildman–Crippen MR) is 135 cm³/mol. The van der Waals surface area contributed by atoms with Crippen molar-refractivity contribution in [3.63, 3.8) is 0 Å². The van der Waals surface area contributed by atoms with Gasteiger partial charge >= 0.3 is 12.0 Å². The minimum Gasteiger partial charge on any atom is -0.463 e. The van der Waals surface area contributed by atoms with Crippen LogP contribution >= 0.6 is 22.9 Å². The average molecular weight is 517 g/mol. The Morgan fingerprint density at radius 1 is 1.20 bits per heavy atom. The van der Waals surface area contributed by atoms with Crippen LogP contribution in [-0.4, -0.2) is 78.5 Å². The number of ether oxygens (including phenoxy) is 1. The topological polar surface area (TPSA) is 82.2 Å². The quantitative estimate of drug-likeness (QED) is 0.591. The molecule has 0 aliphatic carbocycles. The van der Waals surface area contributed by atoms with Gasteiger partial charge < -0.3 is 15.0 Å². The van der Waals surface area contributed by atoms with Crippen LogP contribution in [0.3, 0.4) is 0 Å². The largest absolute Gasteiger partial charge is 0.463 e. The number of rotatable bonds is 6. The molecule has 2 aliphatic rings. The fourth-order valence-electron chi connectivity index (χ4n) is 4.57. The summed E-state index contributed by atoms with van der Waals surface area (Å²) in [5.74, 6) is -0.453. The van der Waals surface area contributed by atoms with Gasteiger partial charge in [0.15, 0.2) is 0 Å². The number of hydrogen-bond donors (Lipinski definition) is 1. The van der Waals surface area contributed by atoms with Gasteiger partial charge in [-0.05, 0) is 36.9 Å². The molecule has 1 aromatic carbocycles. The summed E-state index contributed by atoms with van der Waals surface area (Å²) < 4.78 is 5.40. The average Bonchev–Trinajstić information content (AvgIpc) is 3.37. The fraction of sp³-hybridized carbons (Fsp3) is 0.400. The third kappa shape index (κ3) is 5.22. The normalized spacial score (nSPS) is 21.2. The van der Waals surface area contributed by atoms with Crippen molar-refractivity contribution in [3.05, 3.63) is 68.5 Å². The van der Waals surface area contributed by atoms with Crippen LogP contribution in [-0.2, 0) is 9.53 Å². The van der Waals surface area contributed by atoms with Crippen molar-refractivity contribution in [3.8, 4) is 0 Å². The molecule has 3 heterocycles. The number of urea groups is 1. The third-order valence-corrected chi connectivity index (χ3v) is 7.57. The lowest BCUT2D eigenvalue weighted by atomic mass is 9.94. The van der Waals surface area contributed by atoms with Crippen molar-refractivity contribution in [2.45, 2.75) is 25.9 Å². The molecule has 1 saturated heterocycles. The number of carbonyl (C=O) groups excluding carboxylic acids is 3.